The van der Waals surface area contributed by atoms with Crippen molar-refractivity contribution in [2.24, 2.45) is 10.9 Å². The summed E-state index contributed by atoms with van der Waals surface area (Å²) in [5, 5.41) is 6.62. The molecule has 2 N–H and O–H groups in total. The van der Waals surface area contributed by atoms with Gasteiger partial charge < -0.3 is 15.5 Å². The number of hydrogen-bond acceptors (Lipinski definition) is 2. The number of nitrogens with one attached hydrogen (secondary N) is 2. The molecule has 1 saturated heterocycles. The van der Waals surface area contributed by atoms with E-state index in [1.165, 1.54) is 44.5 Å². The fourth-order valence-electron chi connectivity index (χ4n) is 2.75. The van der Waals surface area contributed by atoms with E-state index in [2.05, 4.69) is 27.6 Å². The van der Waals surface area contributed by atoms with Crippen LogP contribution in [0.1, 0.15) is 24.8 Å². The van der Waals surface area contributed by atoms with Crippen molar-refractivity contribution in [1.82, 2.24) is 15.5 Å². The van der Waals surface area contributed by atoms with Crippen LogP contribution in [-0.2, 0) is 6.54 Å². The van der Waals surface area contributed by atoms with Gasteiger partial charge in [-0.05, 0) is 63.0 Å². The summed E-state index contributed by atoms with van der Waals surface area (Å²) < 4.78 is 12.9. The smallest absolute Gasteiger partial charge is 0.191 e. The summed E-state index contributed by atoms with van der Waals surface area (Å²) in [6.07, 6.45) is 3.77. The van der Waals surface area contributed by atoms with E-state index in [0.29, 0.717) is 6.54 Å². The highest BCUT2D eigenvalue weighted by Gasteiger charge is 2.16. The summed E-state index contributed by atoms with van der Waals surface area (Å²) in [7, 11) is 3.96. The van der Waals surface area contributed by atoms with Crippen LogP contribution in [0.2, 0.25) is 0 Å². The van der Waals surface area contributed by atoms with Crippen molar-refractivity contribution in [3.63, 3.8) is 0 Å². The Morgan fingerprint density at radius 3 is 2.55 bits per heavy atom. The third-order valence-corrected chi connectivity index (χ3v) is 4.28. The first-order valence-corrected chi connectivity index (χ1v) is 8.05. The third kappa shape index (κ3) is 5.64. The molecular formula is C17H27FN4. The number of rotatable bonds is 5. The van der Waals surface area contributed by atoms with Gasteiger partial charge >= 0.3 is 0 Å². The van der Waals surface area contributed by atoms with Crippen molar-refractivity contribution in [3.8, 4) is 0 Å². The minimum Gasteiger partial charge on any atom is -0.356 e. The number of aliphatic imine (C=N–C) groups is 1. The minimum atomic E-state index is -0.204. The summed E-state index contributed by atoms with van der Waals surface area (Å²) in [4.78, 5) is 6.62. The van der Waals surface area contributed by atoms with E-state index < -0.39 is 0 Å². The molecule has 0 bridgehead atoms. The van der Waals surface area contributed by atoms with Crippen molar-refractivity contribution in [1.29, 1.82) is 0 Å². The van der Waals surface area contributed by atoms with E-state index in [1.54, 1.807) is 19.2 Å². The van der Waals surface area contributed by atoms with Gasteiger partial charge in [0.15, 0.2) is 5.96 Å². The van der Waals surface area contributed by atoms with Gasteiger partial charge in [-0.15, -0.1) is 0 Å². The Balaban J connectivity index is 1.66. The van der Waals surface area contributed by atoms with Gasteiger partial charge in [0.05, 0.1) is 0 Å². The monoisotopic (exact) mass is 306 g/mol. The molecule has 0 unspecified atom stereocenters. The van der Waals surface area contributed by atoms with E-state index >= 15 is 0 Å². The molecule has 1 aromatic rings. The first kappa shape index (κ1) is 16.7. The van der Waals surface area contributed by atoms with Crippen molar-refractivity contribution in [2.75, 3.05) is 33.7 Å². The fraction of sp³-hybridized carbons (Fsp3) is 0.588. The van der Waals surface area contributed by atoms with Crippen LogP contribution in [0.3, 0.4) is 0 Å². The Bertz CT molecular complexity index is 464. The molecule has 1 aromatic carbocycles. The molecule has 1 heterocycles. The molecule has 122 valence electrons. The predicted octanol–water partition coefficient (Wildman–Crippen LogP) is 2.22. The predicted molar refractivity (Wildman–Crippen MR) is 89.4 cm³/mol. The highest BCUT2D eigenvalue weighted by Crippen LogP contribution is 2.18. The van der Waals surface area contributed by atoms with Crippen LogP contribution in [0.5, 0.6) is 0 Å². The number of piperidine rings is 1. The van der Waals surface area contributed by atoms with Crippen molar-refractivity contribution >= 4 is 5.96 Å². The number of nitrogens with zero attached hydrogens (tertiary/aromatic N) is 2. The average Bonchev–Trinajstić information content (AvgIpc) is 2.54. The lowest BCUT2D eigenvalue weighted by molar-refractivity contribution is 0.213. The van der Waals surface area contributed by atoms with Crippen LogP contribution in [0.4, 0.5) is 4.39 Å². The van der Waals surface area contributed by atoms with Crippen LogP contribution in [0.25, 0.3) is 0 Å². The van der Waals surface area contributed by atoms with E-state index in [9.17, 15) is 4.39 Å². The summed E-state index contributed by atoms with van der Waals surface area (Å²) >= 11 is 0. The first-order valence-electron chi connectivity index (χ1n) is 8.05. The van der Waals surface area contributed by atoms with Gasteiger partial charge in [0.2, 0.25) is 0 Å². The zero-order valence-electron chi connectivity index (χ0n) is 13.6. The Morgan fingerprint density at radius 1 is 1.23 bits per heavy atom. The zero-order valence-corrected chi connectivity index (χ0v) is 13.6. The van der Waals surface area contributed by atoms with Gasteiger partial charge in [0, 0.05) is 20.1 Å². The molecule has 4 nitrogen and oxygen atoms in total. The number of halogens is 1. The maximum Gasteiger partial charge on any atom is 0.191 e. The molecule has 22 heavy (non-hydrogen) atoms. The Labute approximate surface area is 132 Å². The molecule has 1 aliphatic heterocycles. The lowest BCUT2D eigenvalue weighted by Crippen LogP contribution is -2.38. The van der Waals surface area contributed by atoms with Gasteiger partial charge in [-0.25, -0.2) is 4.39 Å². The minimum absolute atomic E-state index is 0.204. The lowest BCUT2D eigenvalue weighted by atomic mass is 9.94. The van der Waals surface area contributed by atoms with Crippen LogP contribution in [0.15, 0.2) is 29.3 Å². The Hall–Kier alpha value is -1.62. The van der Waals surface area contributed by atoms with E-state index in [0.717, 1.165) is 24.0 Å². The van der Waals surface area contributed by atoms with Gasteiger partial charge in [0.1, 0.15) is 5.82 Å². The number of benzene rings is 1. The second-order valence-electron chi connectivity index (χ2n) is 6.01. The second kappa shape index (κ2) is 8.73. The molecule has 0 radical (unpaired) electrons. The zero-order chi connectivity index (χ0) is 15.8. The number of likely N-dealkylation sites (tertiary alicyclic amines) is 1. The summed E-state index contributed by atoms with van der Waals surface area (Å²) in [6, 6.07) is 6.53. The van der Waals surface area contributed by atoms with Crippen LogP contribution in [-0.4, -0.2) is 44.6 Å². The van der Waals surface area contributed by atoms with Crippen molar-refractivity contribution < 1.29 is 4.39 Å². The molecule has 0 aliphatic carbocycles. The van der Waals surface area contributed by atoms with E-state index in [-0.39, 0.29) is 5.82 Å². The van der Waals surface area contributed by atoms with Crippen molar-refractivity contribution in [3.05, 3.63) is 35.6 Å². The van der Waals surface area contributed by atoms with E-state index in [4.69, 9.17) is 0 Å². The maximum atomic E-state index is 12.9. The topological polar surface area (TPSA) is 39.7 Å². The average molecular weight is 306 g/mol. The van der Waals surface area contributed by atoms with Gasteiger partial charge in [-0.2, -0.15) is 0 Å². The molecule has 2 rings (SSSR count). The molecule has 1 fully saturated rings. The molecule has 0 aromatic heterocycles. The fourth-order valence-corrected chi connectivity index (χ4v) is 2.75. The largest absolute Gasteiger partial charge is 0.356 e. The number of hydrogen-bond donors (Lipinski definition) is 2. The standard InChI is InChI=1S/C17H27FN4/c1-19-17(21-13-15-3-5-16(18)6-4-15)20-10-7-14-8-11-22(2)12-9-14/h3-6,14H,7-13H2,1-2H3,(H2,19,20,21). The number of guanidine groups is 1. The van der Waals surface area contributed by atoms with Crippen molar-refractivity contribution in [2.45, 2.75) is 25.8 Å². The Kier molecular flexibility index (Phi) is 6.65. The molecule has 0 spiro atoms. The van der Waals surface area contributed by atoms with Gasteiger partial charge in [-0.3, -0.25) is 4.99 Å². The molecule has 0 atom stereocenters. The molecule has 0 saturated carbocycles. The normalized spacial score (nSPS) is 17.5. The second-order valence-corrected chi connectivity index (χ2v) is 6.01. The molecular weight excluding hydrogens is 279 g/mol. The highest BCUT2D eigenvalue weighted by atomic mass is 19.1. The van der Waals surface area contributed by atoms with Crippen LogP contribution < -0.4 is 10.6 Å². The molecule has 0 amide bonds. The molecule has 1 aliphatic rings. The first-order chi connectivity index (χ1) is 10.7. The van der Waals surface area contributed by atoms with Crippen LogP contribution >= 0.6 is 0 Å². The third-order valence-electron chi connectivity index (χ3n) is 4.28. The van der Waals surface area contributed by atoms with Crippen LogP contribution in [0, 0.1) is 11.7 Å². The Morgan fingerprint density at radius 2 is 1.91 bits per heavy atom. The quantitative estimate of drug-likeness (QED) is 0.647. The summed E-state index contributed by atoms with van der Waals surface area (Å²) in [6.45, 7) is 4.01. The SMILES string of the molecule is CN=C(NCCC1CCN(C)CC1)NCc1ccc(F)cc1. The maximum absolute atomic E-state index is 12.9. The molecule has 5 heteroatoms. The summed E-state index contributed by atoms with van der Waals surface area (Å²) in [5.41, 5.74) is 1.04. The summed E-state index contributed by atoms with van der Waals surface area (Å²) in [5.74, 6) is 1.42. The van der Waals surface area contributed by atoms with E-state index in [1.807, 2.05) is 0 Å². The lowest BCUT2D eigenvalue weighted by Gasteiger charge is -2.29. The van der Waals surface area contributed by atoms with Gasteiger partial charge in [-0.1, -0.05) is 12.1 Å². The van der Waals surface area contributed by atoms with Gasteiger partial charge in [0.25, 0.3) is 0 Å². The highest BCUT2D eigenvalue weighted by molar-refractivity contribution is 5.79.